The van der Waals surface area contributed by atoms with Gasteiger partial charge in [0, 0.05) is 5.41 Å². The second-order valence-corrected chi connectivity index (χ2v) is 5.42. The molecule has 1 heterocycles. The molecule has 1 aromatic heterocycles. The third-order valence-corrected chi connectivity index (χ3v) is 2.78. The standard InChI is InChI=1S/C14H15N3O2/c1-14(2,3)12-16-19-13(18)17(12)9-11-6-4-10(8-15)5-7-11/h4-7H,9H2,1-3H3. The number of nitriles is 1. The van der Waals surface area contributed by atoms with Crippen LogP contribution in [0.2, 0.25) is 0 Å². The van der Waals surface area contributed by atoms with Crippen LogP contribution in [0.3, 0.4) is 0 Å². The largest absolute Gasteiger partial charge is 0.441 e. The summed E-state index contributed by atoms with van der Waals surface area (Å²) in [6, 6.07) is 9.16. The summed E-state index contributed by atoms with van der Waals surface area (Å²) in [7, 11) is 0. The Kier molecular flexibility index (Phi) is 3.26. The summed E-state index contributed by atoms with van der Waals surface area (Å²) in [6.45, 7) is 6.30. The Morgan fingerprint density at radius 3 is 2.47 bits per heavy atom. The number of rotatable bonds is 2. The van der Waals surface area contributed by atoms with Crippen LogP contribution in [0.25, 0.3) is 0 Å². The minimum Gasteiger partial charge on any atom is -0.296 e. The van der Waals surface area contributed by atoms with Crippen LogP contribution < -0.4 is 5.76 Å². The van der Waals surface area contributed by atoms with Crippen molar-refractivity contribution in [3.05, 3.63) is 51.8 Å². The number of hydrogen-bond acceptors (Lipinski definition) is 4. The topological polar surface area (TPSA) is 71.8 Å². The molecular formula is C14H15N3O2. The van der Waals surface area contributed by atoms with Crippen molar-refractivity contribution in [1.82, 2.24) is 9.72 Å². The molecule has 2 rings (SSSR count). The lowest BCUT2D eigenvalue weighted by atomic mass is 9.95. The maximum Gasteiger partial charge on any atom is 0.441 e. The van der Waals surface area contributed by atoms with Gasteiger partial charge in [0.2, 0.25) is 0 Å². The Morgan fingerprint density at radius 2 is 1.95 bits per heavy atom. The highest BCUT2D eigenvalue weighted by Gasteiger charge is 2.23. The summed E-state index contributed by atoms with van der Waals surface area (Å²) in [5, 5.41) is 12.6. The van der Waals surface area contributed by atoms with E-state index in [0.29, 0.717) is 17.9 Å². The molecule has 98 valence electrons. The molecule has 1 aromatic carbocycles. The predicted octanol–water partition coefficient (Wildman–Crippen LogP) is 2.05. The van der Waals surface area contributed by atoms with Gasteiger partial charge in [0.1, 0.15) is 0 Å². The molecule has 0 aliphatic carbocycles. The molecule has 5 nitrogen and oxygen atoms in total. The van der Waals surface area contributed by atoms with Crippen LogP contribution in [0.5, 0.6) is 0 Å². The van der Waals surface area contributed by atoms with Crippen LogP contribution in [-0.4, -0.2) is 9.72 Å². The zero-order valence-electron chi connectivity index (χ0n) is 11.2. The van der Waals surface area contributed by atoms with E-state index in [1.165, 1.54) is 4.57 Å². The molecule has 0 unspecified atom stereocenters. The van der Waals surface area contributed by atoms with E-state index < -0.39 is 5.76 Å². The summed E-state index contributed by atoms with van der Waals surface area (Å²) in [5.74, 6) is 0.149. The molecule has 0 aliphatic heterocycles. The van der Waals surface area contributed by atoms with Crippen molar-refractivity contribution >= 4 is 0 Å². The van der Waals surface area contributed by atoms with Gasteiger partial charge in [0.05, 0.1) is 18.2 Å². The first-order valence-corrected chi connectivity index (χ1v) is 5.98. The zero-order valence-corrected chi connectivity index (χ0v) is 11.2. The van der Waals surface area contributed by atoms with Crippen molar-refractivity contribution < 1.29 is 4.52 Å². The van der Waals surface area contributed by atoms with E-state index in [9.17, 15) is 4.79 Å². The number of aromatic nitrogens is 2. The van der Waals surface area contributed by atoms with E-state index in [0.717, 1.165) is 5.56 Å². The van der Waals surface area contributed by atoms with Crippen LogP contribution >= 0.6 is 0 Å². The van der Waals surface area contributed by atoms with Gasteiger partial charge in [0.15, 0.2) is 5.82 Å². The van der Waals surface area contributed by atoms with Gasteiger partial charge in [0.25, 0.3) is 0 Å². The first-order chi connectivity index (χ1) is 8.91. The Morgan fingerprint density at radius 1 is 1.32 bits per heavy atom. The number of benzene rings is 1. The molecule has 0 bridgehead atoms. The smallest absolute Gasteiger partial charge is 0.296 e. The van der Waals surface area contributed by atoms with Crippen LogP contribution in [0.4, 0.5) is 0 Å². The lowest BCUT2D eigenvalue weighted by molar-refractivity contribution is 0.367. The molecular weight excluding hydrogens is 242 g/mol. The Bertz CT molecular complexity index is 666. The second-order valence-electron chi connectivity index (χ2n) is 5.42. The maximum atomic E-state index is 11.7. The van der Waals surface area contributed by atoms with Crippen LogP contribution in [-0.2, 0) is 12.0 Å². The van der Waals surface area contributed by atoms with E-state index in [1.807, 2.05) is 32.9 Å². The van der Waals surface area contributed by atoms with Crippen molar-refractivity contribution in [2.45, 2.75) is 32.7 Å². The van der Waals surface area contributed by atoms with Gasteiger partial charge in [-0.05, 0) is 17.7 Å². The van der Waals surface area contributed by atoms with Crippen LogP contribution in [0.1, 0.15) is 37.7 Å². The Labute approximate surface area is 111 Å². The molecule has 0 spiro atoms. The van der Waals surface area contributed by atoms with Crippen molar-refractivity contribution in [2.75, 3.05) is 0 Å². The molecule has 0 atom stereocenters. The van der Waals surface area contributed by atoms with E-state index in [1.54, 1.807) is 12.1 Å². The van der Waals surface area contributed by atoms with Gasteiger partial charge >= 0.3 is 5.76 Å². The predicted molar refractivity (Wildman–Crippen MR) is 69.7 cm³/mol. The lowest BCUT2D eigenvalue weighted by Gasteiger charge is -2.16. The molecule has 0 amide bonds. The van der Waals surface area contributed by atoms with Crippen molar-refractivity contribution in [1.29, 1.82) is 5.26 Å². The average Bonchev–Trinajstić information content (AvgIpc) is 2.72. The maximum absolute atomic E-state index is 11.7. The van der Waals surface area contributed by atoms with E-state index in [-0.39, 0.29) is 5.41 Å². The van der Waals surface area contributed by atoms with Crippen LogP contribution in [0.15, 0.2) is 33.6 Å². The Balaban J connectivity index is 2.36. The average molecular weight is 257 g/mol. The van der Waals surface area contributed by atoms with E-state index >= 15 is 0 Å². The fourth-order valence-corrected chi connectivity index (χ4v) is 1.82. The first kappa shape index (κ1) is 13.1. The third kappa shape index (κ3) is 2.74. The summed E-state index contributed by atoms with van der Waals surface area (Å²) >= 11 is 0. The lowest BCUT2D eigenvalue weighted by Crippen LogP contribution is -2.25. The molecule has 0 radical (unpaired) electrons. The highest BCUT2D eigenvalue weighted by atomic mass is 16.5. The molecule has 0 fully saturated rings. The second kappa shape index (κ2) is 4.73. The van der Waals surface area contributed by atoms with Gasteiger partial charge in [-0.3, -0.25) is 9.09 Å². The fraction of sp³-hybridized carbons (Fsp3) is 0.357. The van der Waals surface area contributed by atoms with Gasteiger partial charge in [-0.15, -0.1) is 0 Å². The zero-order chi connectivity index (χ0) is 14.0. The normalized spacial score (nSPS) is 11.3. The molecule has 5 heteroatoms. The van der Waals surface area contributed by atoms with Crippen molar-refractivity contribution in [2.24, 2.45) is 0 Å². The van der Waals surface area contributed by atoms with Crippen molar-refractivity contribution in [3.8, 4) is 6.07 Å². The number of nitrogens with zero attached hydrogens (tertiary/aromatic N) is 3. The third-order valence-electron chi connectivity index (χ3n) is 2.78. The Hall–Kier alpha value is -2.35. The highest BCUT2D eigenvalue weighted by molar-refractivity contribution is 5.31. The van der Waals surface area contributed by atoms with E-state index in [4.69, 9.17) is 9.78 Å². The summed E-state index contributed by atoms with van der Waals surface area (Å²) in [5.41, 5.74) is 1.26. The summed E-state index contributed by atoms with van der Waals surface area (Å²) in [6.07, 6.45) is 0. The molecule has 19 heavy (non-hydrogen) atoms. The van der Waals surface area contributed by atoms with Gasteiger partial charge < -0.3 is 0 Å². The monoisotopic (exact) mass is 257 g/mol. The molecule has 0 saturated heterocycles. The first-order valence-electron chi connectivity index (χ1n) is 5.98. The van der Waals surface area contributed by atoms with Crippen molar-refractivity contribution in [3.63, 3.8) is 0 Å². The van der Waals surface area contributed by atoms with Gasteiger partial charge in [-0.2, -0.15) is 5.26 Å². The summed E-state index contributed by atoms with van der Waals surface area (Å²) < 4.78 is 6.26. The molecule has 0 N–H and O–H groups in total. The van der Waals surface area contributed by atoms with E-state index in [2.05, 4.69) is 11.2 Å². The SMILES string of the molecule is CC(C)(C)c1noc(=O)n1Cc1ccc(C#N)cc1. The summed E-state index contributed by atoms with van der Waals surface area (Å²) in [4.78, 5) is 11.7. The minimum absolute atomic E-state index is 0.265. The van der Waals surface area contributed by atoms with Crippen LogP contribution in [0, 0.1) is 11.3 Å². The molecule has 2 aromatic rings. The molecule has 0 saturated carbocycles. The highest BCUT2D eigenvalue weighted by Crippen LogP contribution is 2.19. The fourth-order valence-electron chi connectivity index (χ4n) is 1.82. The molecule has 0 aliphatic rings. The number of hydrogen-bond donors (Lipinski definition) is 0. The minimum atomic E-state index is -0.464. The van der Waals surface area contributed by atoms with Gasteiger partial charge in [-0.1, -0.05) is 38.1 Å². The van der Waals surface area contributed by atoms with Gasteiger partial charge in [-0.25, -0.2) is 4.79 Å². The quantitative estimate of drug-likeness (QED) is 0.825.